The smallest absolute Gasteiger partial charge is 0.307 e. The molecule has 0 N–H and O–H groups in total. The third-order valence-corrected chi connectivity index (χ3v) is 4.94. The highest BCUT2D eigenvalue weighted by Gasteiger charge is 2.38. The average molecular weight is 412 g/mol. The Kier molecular flexibility index (Phi) is 7.05. The normalized spacial score (nSPS) is 18.9. The van der Waals surface area contributed by atoms with Crippen LogP contribution in [0.1, 0.15) is 23.7 Å². The predicted molar refractivity (Wildman–Crippen MR) is 97.0 cm³/mol. The highest BCUT2D eigenvalue weighted by molar-refractivity contribution is 9.09. The number of thioether (sulfide) groups is 1. The van der Waals surface area contributed by atoms with Gasteiger partial charge in [0.25, 0.3) is 0 Å². The summed E-state index contributed by atoms with van der Waals surface area (Å²) in [6.45, 7) is 2.45. The number of esters is 1. The molecular weight excluding hydrogens is 394 g/mol. The van der Waals surface area contributed by atoms with Gasteiger partial charge in [0.1, 0.15) is 5.25 Å². The summed E-state index contributed by atoms with van der Waals surface area (Å²) in [5.74, 6) is -0.736. The maximum absolute atomic E-state index is 12.5. The molecule has 128 valence electrons. The van der Waals surface area contributed by atoms with Crippen LogP contribution in [0.2, 0.25) is 0 Å². The molecule has 0 aromatic heterocycles. The third kappa shape index (κ3) is 4.70. The Labute approximate surface area is 153 Å². The van der Waals surface area contributed by atoms with Gasteiger partial charge < -0.3 is 9.64 Å². The minimum absolute atomic E-state index is 0.00694. The van der Waals surface area contributed by atoms with Crippen LogP contribution in [0.25, 0.3) is 0 Å². The molecule has 1 aromatic carbocycles. The number of halogens is 1. The SMILES string of the molecule is CCOC(=O)CC1S/C(=C\C(=O)c2ccccc2)N(CCBr)C1=O. The number of hydrogen-bond donors (Lipinski definition) is 0. The first-order valence-corrected chi connectivity index (χ1v) is 9.57. The number of amides is 1. The zero-order chi connectivity index (χ0) is 17.5. The zero-order valence-corrected chi connectivity index (χ0v) is 15.6. The van der Waals surface area contributed by atoms with Gasteiger partial charge in [0.05, 0.1) is 18.1 Å². The van der Waals surface area contributed by atoms with Gasteiger partial charge in [-0.3, -0.25) is 14.4 Å². The number of carbonyl (C=O) groups is 3. The summed E-state index contributed by atoms with van der Waals surface area (Å²) < 4.78 is 4.91. The number of ether oxygens (including phenoxy) is 1. The topological polar surface area (TPSA) is 63.7 Å². The lowest BCUT2D eigenvalue weighted by Gasteiger charge is -2.15. The van der Waals surface area contributed by atoms with Gasteiger partial charge >= 0.3 is 5.97 Å². The molecule has 0 aliphatic carbocycles. The summed E-state index contributed by atoms with van der Waals surface area (Å²) in [5, 5.41) is 0.614. The Balaban J connectivity index is 2.17. The van der Waals surface area contributed by atoms with Gasteiger partial charge in [0.2, 0.25) is 5.91 Å². The van der Waals surface area contributed by atoms with E-state index in [1.54, 1.807) is 36.1 Å². The molecule has 1 heterocycles. The third-order valence-electron chi connectivity index (χ3n) is 3.35. The summed E-state index contributed by atoms with van der Waals surface area (Å²) in [6.07, 6.45) is 1.47. The van der Waals surface area contributed by atoms with Gasteiger partial charge in [-0.1, -0.05) is 58.0 Å². The van der Waals surface area contributed by atoms with E-state index in [-0.39, 0.29) is 24.7 Å². The molecule has 1 unspecified atom stereocenters. The molecular formula is C17H18BrNO4S. The highest BCUT2D eigenvalue weighted by atomic mass is 79.9. The van der Waals surface area contributed by atoms with Crippen molar-refractivity contribution in [3.63, 3.8) is 0 Å². The Morgan fingerprint density at radius 2 is 2.04 bits per heavy atom. The Bertz CT molecular complexity index is 647. The van der Waals surface area contributed by atoms with Gasteiger partial charge in [-0.05, 0) is 6.92 Å². The number of rotatable bonds is 7. The van der Waals surface area contributed by atoms with Crippen molar-refractivity contribution >= 4 is 45.4 Å². The fourth-order valence-electron chi connectivity index (χ4n) is 2.26. The molecule has 1 fully saturated rings. The lowest BCUT2D eigenvalue weighted by atomic mass is 10.1. The van der Waals surface area contributed by atoms with Crippen molar-refractivity contribution in [1.82, 2.24) is 4.90 Å². The van der Waals surface area contributed by atoms with E-state index < -0.39 is 11.2 Å². The second-order valence-electron chi connectivity index (χ2n) is 5.01. The number of nitrogens with zero attached hydrogens (tertiary/aromatic N) is 1. The number of carbonyl (C=O) groups excluding carboxylic acids is 3. The Morgan fingerprint density at radius 3 is 2.67 bits per heavy atom. The number of hydrogen-bond acceptors (Lipinski definition) is 5. The van der Waals surface area contributed by atoms with Crippen molar-refractivity contribution in [3.05, 3.63) is 47.0 Å². The summed E-state index contributed by atoms with van der Waals surface area (Å²) in [6, 6.07) is 8.87. The Morgan fingerprint density at radius 1 is 1.33 bits per heavy atom. The van der Waals surface area contributed by atoms with Gasteiger partial charge in [0, 0.05) is 23.5 Å². The van der Waals surface area contributed by atoms with E-state index in [0.717, 1.165) is 0 Å². The van der Waals surface area contributed by atoms with Crippen molar-refractivity contribution < 1.29 is 19.1 Å². The van der Waals surface area contributed by atoms with Crippen molar-refractivity contribution in [2.75, 3.05) is 18.5 Å². The van der Waals surface area contributed by atoms with Crippen LogP contribution in [0.4, 0.5) is 0 Å². The second kappa shape index (κ2) is 9.03. The minimum atomic E-state index is -0.544. The Hall–Kier alpha value is -1.60. The summed E-state index contributed by atoms with van der Waals surface area (Å²) in [7, 11) is 0. The van der Waals surface area contributed by atoms with Crippen molar-refractivity contribution in [2.24, 2.45) is 0 Å². The molecule has 0 saturated carbocycles. The summed E-state index contributed by atoms with van der Waals surface area (Å²) in [4.78, 5) is 38.0. The highest BCUT2D eigenvalue weighted by Crippen LogP contribution is 2.37. The number of benzene rings is 1. The maximum Gasteiger partial charge on any atom is 0.307 e. The lowest BCUT2D eigenvalue weighted by Crippen LogP contribution is -2.31. The van der Waals surface area contributed by atoms with E-state index in [4.69, 9.17) is 4.74 Å². The molecule has 1 atom stereocenters. The van der Waals surface area contributed by atoms with Crippen molar-refractivity contribution in [2.45, 2.75) is 18.6 Å². The molecule has 1 amide bonds. The number of allylic oxidation sites excluding steroid dienone is 1. The first-order valence-electron chi connectivity index (χ1n) is 7.57. The first-order chi connectivity index (χ1) is 11.6. The fourth-order valence-corrected chi connectivity index (χ4v) is 3.83. The largest absolute Gasteiger partial charge is 0.466 e. The summed E-state index contributed by atoms with van der Waals surface area (Å²) >= 11 is 4.55. The molecule has 24 heavy (non-hydrogen) atoms. The second-order valence-corrected chi connectivity index (χ2v) is 7.02. The molecule has 1 aromatic rings. The van der Waals surface area contributed by atoms with Gasteiger partial charge in [0.15, 0.2) is 5.78 Å². The van der Waals surface area contributed by atoms with Crippen LogP contribution in [-0.4, -0.2) is 46.3 Å². The van der Waals surface area contributed by atoms with E-state index >= 15 is 0 Å². The molecule has 0 radical (unpaired) electrons. The van der Waals surface area contributed by atoms with Crippen LogP contribution in [0.3, 0.4) is 0 Å². The predicted octanol–water partition coefficient (Wildman–Crippen LogP) is 3.00. The van der Waals surface area contributed by atoms with Crippen LogP contribution in [0, 0.1) is 0 Å². The molecule has 2 rings (SSSR count). The molecule has 0 spiro atoms. The summed E-state index contributed by atoms with van der Waals surface area (Å²) in [5.41, 5.74) is 0.561. The van der Waals surface area contributed by atoms with E-state index in [1.165, 1.54) is 17.8 Å². The number of ketones is 1. The van der Waals surface area contributed by atoms with E-state index in [0.29, 0.717) is 22.5 Å². The van der Waals surface area contributed by atoms with Gasteiger partial charge in [-0.25, -0.2) is 0 Å². The maximum atomic E-state index is 12.5. The molecule has 7 heteroatoms. The van der Waals surface area contributed by atoms with E-state index in [2.05, 4.69) is 15.9 Å². The van der Waals surface area contributed by atoms with E-state index in [1.807, 2.05) is 6.07 Å². The van der Waals surface area contributed by atoms with E-state index in [9.17, 15) is 14.4 Å². The number of alkyl halides is 1. The monoisotopic (exact) mass is 411 g/mol. The average Bonchev–Trinajstić information content (AvgIpc) is 2.85. The van der Waals surface area contributed by atoms with Gasteiger partial charge in [-0.15, -0.1) is 0 Å². The van der Waals surface area contributed by atoms with Crippen LogP contribution in [-0.2, 0) is 14.3 Å². The van der Waals surface area contributed by atoms with Crippen LogP contribution < -0.4 is 0 Å². The quantitative estimate of drug-likeness (QED) is 0.298. The van der Waals surface area contributed by atoms with Crippen molar-refractivity contribution in [3.8, 4) is 0 Å². The molecule has 0 bridgehead atoms. The molecule has 5 nitrogen and oxygen atoms in total. The van der Waals surface area contributed by atoms with Crippen LogP contribution in [0.15, 0.2) is 41.4 Å². The molecule has 1 aliphatic heterocycles. The zero-order valence-electron chi connectivity index (χ0n) is 13.2. The molecule has 1 aliphatic rings. The van der Waals surface area contributed by atoms with Crippen LogP contribution >= 0.6 is 27.7 Å². The first kappa shape index (κ1) is 18.7. The minimum Gasteiger partial charge on any atom is -0.466 e. The fraction of sp³-hybridized carbons (Fsp3) is 0.353. The van der Waals surface area contributed by atoms with Gasteiger partial charge in [-0.2, -0.15) is 0 Å². The molecule has 1 saturated heterocycles. The van der Waals surface area contributed by atoms with Crippen LogP contribution in [0.5, 0.6) is 0 Å². The standard InChI is InChI=1S/C17H18BrNO4S/c1-2-23-16(21)11-14-17(22)19(9-8-18)15(24-14)10-13(20)12-6-4-3-5-7-12/h3-7,10,14H,2,8-9,11H2,1H3/b15-10-. The lowest BCUT2D eigenvalue weighted by molar-refractivity contribution is -0.144. The van der Waals surface area contributed by atoms with Crippen molar-refractivity contribution in [1.29, 1.82) is 0 Å².